The summed E-state index contributed by atoms with van der Waals surface area (Å²) in [5.74, 6) is 0.985. The number of hydrogen-bond acceptors (Lipinski definition) is 3. The number of rotatable bonds is 4. The van der Waals surface area contributed by atoms with Crippen LogP contribution in [0.1, 0.15) is 31.5 Å². The maximum Gasteiger partial charge on any atom is 0.348 e. The average Bonchev–Trinajstić information content (AvgIpc) is 3.41. The number of benzene rings is 1. The minimum Gasteiger partial charge on any atom is -0.342 e. The van der Waals surface area contributed by atoms with E-state index < -0.39 is 11.5 Å². The number of hydrogen-bond donors (Lipinski definition) is 1. The van der Waals surface area contributed by atoms with Gasteiger partial charge in [-0.3, -0.25) is 4.79 Å². The van der Waals surface area contributed by atoms with Crippen molar-refractivity contribution >= 4 is 5.91 Å². The Morgan fingerprint density at radius 2 is 1.92 bits per heavy atom. The first-order valence-electron chi connectivity index (χ1n) is 8.83. The lowest BCUT2D eigenvalue weighted by atomic mass is 9.93. The zero-order chi connectivity index (χ0) is 17.4. The SMILES string of the molecule is O=C(C1CC1)N1CCC(Cc2n[nH]c(=O)n2-c2ccccc2F)CC1. The summed E-state index contributed by atoms with van der Waals surface area (Å²) in [5.41, 5.74) is -0.209. The second-order valence-electron chi connectivity index (χ2n) is 6.98. The third-order valence-electron chi connectivity index (χ3n) is 5.16. The van der Waals surface area contributed by atoms with Crippen LogP contribution in [0.5, 0.6) is 0 Å². The first kappa shape index (κ1) is 16.1. The summed E-state index contributed by atoms with van der Waals surface area (Å²) >= 11 is 0. The lowest BCUT2D eigenvalue weighted by Gasteiger charge is -2.32. The zero-order valence-corrected chi connectivity index (χ0v) is 13.9. The van der Waals surface area contributed by atoms with Crippen molar-refractivity contribution in [2.24, 2.45) is 11.8 Å². The van der Waals surface area contributed by atoms with Crippen LogP contribution in [0.2, 0.25) is 0 Å². The molecule has 7 heteroatoms. The van der Waals surface area contributed by atoms with Crippen LogP contribution in [-0.2, 0) is 11.2 Å². The molecule has 2 fully saturated rings. The molecule has 2 heterocycles. The van der Waals surface area contributed by atoms with Crippen molar-refractivity contribution in [3.05, 3.63) is 46.4 Å². The summed E-state index contributed by atoms with van der Waals surface area (Å²) in [6.07, 6.45) is 4.42. The molecule has 2 aromatic rings. The maximum atomic E-state index is 14.1. The number of para-hydroxylation sites is 1. The second kappa shape index (κ2) is 6.46. The van der Waals surface area contributed by atoms with Gasteiger partial charge in [0, 0.05) is 25.4 Å². The van der Waals surface area contributed by atoms with E-state index in [1.807, 2.05) is 4.90 Å². The maximum absolute atomic E-state index is 14.1. The molecule has 1 aliphatic carbocycles. The molecule has 1 aromatic heterocycles. The van der Waals surface area contributed by atoms with Crippen molar-refractivity contribution in [1.29, 1.82) is 0 Å². The fourth-order valence-corrected chi connectivity index (χ4v) is 3.55. The number of H-pyrrole nitrogens is 1. The number of carbonyl (C=O) groups excluding carboxylic acids is 1. The summed E-state index contributed by atoms with van der Waals surface area (Å²) in [6.45, 7) is 1.52. The van der Waals surface area contributed by atoms with Crippen LogP contribution in [0.4, 0.5) is 4.39 Å². The van der Waals surface area contributed by atoms with E-state index in [0.29, 0.717) is 24.1 Å². The molecule has 1 aliphatic heterocycles. The quantitative estimate of drug-likeness (QED) is 0.921. The molecule has 0 unspecified atom stereocenters. The fraction of sp³-hybridized carbons (Fsp3) is 0.500. The van der Waals surface area contributed by atoms with E-state index in [1.54, 1.807) is 18.2 Å². The van der Waals surface area contributed by atoms with E-state index in [1.165, 1.54) is 10.6 Å². The number of aromatic amines is 1. The van der Waals surface area contributed by atoms with Crippen LogP contribution in [-0.4, -0.2) is 38.7 Å². The highest BCUT2D eigenvalue weighted by Gasteiger charge is 2.35. The van der Waals surface area contributed by atoms with Crippen LogP contribution in [0.15, 0.2) is 29.1 Å². The van der Waals surface area contributed by atoms with Crippen LogP contribution < -0.4 is 5.69 Å². The van der Waals surface area contributed by atoms with Crippen LogP contribution >= 0.6 is 0 Å². The van der Waals surface area contributed by atoms with E-state index in [4.69, 9.17) is 0 Å². The lowest BCUT2D eigenvalue weighted by molar-refractivity contribution is -0.133. The monoisotopic (exact) mass is 344 g/mol. The molecule has 25 heavy (non-hydrogen) atoms. The van der Waals surface area contributed by atoms with E-state index in [2.05, 4.69) is 10.2 Å². The molecule has 1 saturated carbocycles. The highest BCUT2D eigenvalue weighted by molar-refractivity contribution is 5.81. The van der Waals surface area contributed by atoms with E-state index >= 15 is 0 Å². The van der Waals surface area contributed by atoms with Gasteiger partial charge < -0.3 is 4.90 Å². The van der Waals surface area contributed by atoms with Crippen molar-refractivity contribution in [3.8, 4) is 5.69 Å². The van der Waals surface area contributed by atoms with Crippen molar-refractivity contribution < 1.29 is 9.18 Å². The molecule has 0 bridgehead atoms. The second-order valence-corrected chi connectivity index (χ2v) is 6.98. The minimum absolute atomic E-state index is 0.220. The molecule has 1 aromatic carbocycles. The highest BCUT2D eigenvalue weighted by atomic mass is 19.1. The summed E-state index contributed by atoms with van der Waals surface area (Å²) < 4.78 is 15.4. The molecule has 1 amide bonds. The smallest absolute Gasteiger partial charge is 0.342 e. The Labute approximate surface area is 144 Å². The first-order valence-corrected chi connectivity index (χ1v) is 8.83. The predicted molar refractivity (Wildman–Crippen MR) is 89.9 cm³/mol. The first-order chi connectivity index (χ1) is 12.1. The number of piperidine rings is 1. The normalized spacial score (nSPS) is 18.5. The number of nitrogens with one attached hydrogen (secondary N) is 1. The van der Waals surface area contributed by atoms with Gasteiger partial charge in [0.15, 0.2) is 0 Å². The van der Waals surface area contributed by atoms with Gasteiger partial charge >= 0.3 is 5.69 Å². The Hall–Kier alpha value is -2.44. The third-order valence-corrected chi connectivity index (χ3v) is 5.16. The average molecular weight is 344 g/mol. The molecule has 0 atom stereocenters. The van der Waals surface area contributed by atoms with Gasteiger partial charge in [-0.15, -0.1) is 0 Å². The largest absolute Gasteiger partial charge is 0.348 e. The summed E-state index contributed by atoms with van der Waals surface area (Å²) in [6, 6.07) is 6.20. The molecule has 1 N–H and O–H groups in total. The van der Waals surface area contributed by atoms with Gasteiger partial charge in [0.05, 0.1) is 5.69 Å². The van der Waals surface area contributed by atoms with Gasteiger partial charge in [-0.2, -0.15) is 5.10 Å². The van der Waals surface area contributed by atoms with E-state index in [-0.39, 0.29) is 11.6 Å². The summed E-state index contributed by atoms with van der Waals surface area (Å²) in [7, 11) is 0. The Balaban J connectivity index is 1.47. The van der Waals surface area contributed by atoms with Gasteiger partial charge in [-0.05, 0) is 43.7 Å². The molecule has 6 nitrogen and oxygen atoms in total. The summed E-state index contributed by atoms with van der Waals surface area (Å²) in [5, 5.41) is 6.53. The molecular weight excluding hydrogens is 323 g/mol. The third kappa shape index (κ3) is 3.23. The van der Waals surface area contributed by atoms with Gasteiger partial charge in [0.1, 0.15) is 11.6 Å². The van der Waals surface area contributed by atoms with Crippen molar-refractivity contribution in [2.45, 2.75) is 32.1 Å². The number of aromatic nitrogens is 3. The van der Waals surface area contributed by atoms with Crippen LogP contribution in [0, 0.1) is 17.7 Å². The standard InChI is InChI=1S/C18H21FN4O2/c19-14-3-1-2-4-15(14)23-16(20-21-18(23)25)11-12-7-9-22(10-8-12)17(24)13-5-6-13/h1-4,12-13H,5-11H2,(H,21,25). The lowest BCUT2D eigenvalue weighted by Crippen LogP contribution is -2.39. The molecule has 4 rings (SSSR count). The minimum atomic E-state index is -0.447. The van der Waals surface area contributed by atoms with Crippen LogP contribution in [0.25, 0.3) is 5.69 Å². The van der Waals surface area contributed by atoms with Gasteiger partial charge in [-0.25, -0.2) is 18.9 Å². The number of halogens is 1. The Kier molecular flexibility index (Phi) is 4.15. The van der Waals surface area contributed by atoms with Crippen molar-refractivity contribution in [2.75, 3.05) is 13.1 Å². The van der Waals surface area contributed by atoms with E-state index in [0.717, 1.165) is 38.8 Å². The number of amides is 1. The Morgan fingerprint density at radius 1 is 1.20 bits per heavy atom. The number of likely N-dealkylation sites (tertiary alicyclic amines) is 1. The molecule has 2 aliphatic rings. The van der Waals surface area contributed by atoms with Crippen LogP contribution in [0.3, 0.4) is 0 Å². The number of carbonyl (C=O) groups is 1. The molecule has 0 spiro atoms. The molecule has 0 radical (unpaired) electrons. The van der Waals surface area contributed by atoms with E-state index in [9.17, 15) is 14.0 Å². The van der Waals surface area contributed by atoms with Crippen molar-refractivity contribution in [3.63, 3.8) is 0 Å². The Morgan fingerprint density at radius 3 is 2.60 bits per heavy atom. The van der Waals surface area contributed by atoms with Crippen molar-refractivity contribution in [1.82, 2.24) is 19.7 Å². The van der Waals surface area contributed by atoms with Gasteiger partial charge in [0.2, 0.25) is 5.91 Å². The highest BCUT2D eigenvalue weighted by Crippen LogP contribution is 2.32. The van der Waals surface area contributed by atoms with Gasteiger partial charge in [-0.1, -0.05) is 12.1 Å². The number of nitrogens with zero attached hydrogens (tertiary/aromatic N) is 3. The zero-order valence-electron chi connectivity index (χ0n) is 13.9. The Bertz CT molecular complexity index is 832. The molecule has 1 saturated heterocycles. The summed E-state index contributed by atoms with van der Waals surface area (Å²) in [4.78, 5) is 26.2. The topological polar surface area (TPSA) is 71.0 Å². The van der Waals surface area contributed by atoms with Gasteiger partial charge in [0.25, 0.3) is 0 Å². The molecule has 132 valence electrons. The predicted octanol–water partition coefficient (Wildman–Crippen LogP) is 1.89. The molecular formula is C18H21FN4O2. The fourth-order valence-electron chi connectivity index (χ4n) is 3.55.